The highest BCUT2D eigenvalue weighted by molar-refractivity contribution is 5.86. The van der Waals surface area contributed by atoms with Crippen molar-refractivity contribution >= 4 is 22.8 Å². The maximum absolute atomic E-state index is 7.35. The summed E-state index contributed by atoms with van der Waals surface area (Å²) in [7, 11) is 0. The van der Waals surface area contributed by atoms with Crippen molar-refractivity contribution in [3.63, 3.8) is 0 Å². The molecule has 4 N–H and O–H groups in total. The topological polar surface area (TPSA) is 65.7 Å². The molecule has 0 amide bonds. The van der Waals surface area contributed by atoms with E-state index in [9.17, 15) is 0 Å². The van der Waals surface area contributed by atoms with Gasteiger partial charge in [0.25, 0.3) is 0 Å². The molecule has 0 unspecified atom stereocenters. The van der Waals surface area contributed by atoms with Gasteiger partial charge < -0.3 is 16.1 Å². The molecule has 0 aliphatic rings. The molecule has 2 aromatic rings. The van der Waals surface area contributed by atoms with Crippen molar-refractivity contribution in [1.29, 1.82) is 5.41 Å². The molecule has 2 rings (SSSR count). The quantitative estimate of drug-likeness (QED) is 0.532. The Morgan fingerprint density at radius 2 is 2.31 bits per heavy atom. The largest absolute Gasteiger partial charge is 0.399 e. The Balaban J connectivity index is 2.37. The third-order valence-electron chi connectivity index (χ3n) is 3.03. The molecule has 0 saturated carbocycles. The standard InChI is InChI=1S/C13H17N3/c1-2-9(7-14)5-10-8-16-13-4-3-11(15)6-12(10)13/h3-4,6-9,14,16H,2,5,15H2,1H3/t9-/m1/s1. The lowest BCUT2D eigenvalue weighted by Crippen LogP contribution is -2.03. The summed E-state index contributed by atoms with van der Waals surface area (Å²) < 4.78 is 0. The molecule has 0 bridgehead atoms. The van der Waals surface area contributed by atoms with E-state index in [0.29, 0.717) is 5.92 Å². The van der Waals surface area contributed by atoms with Crippen LogP contribution in [-0.4, -0.2) is 11.2 Å². The van der Waals surface area contributed by atoms with Gasteiger partial charge in [0.2, 0.25) is 0 Å². The van der Waals surface area contributed by atoms with Crippen LogP contribution in [0.4, 0.5) is 5.69 Å². The van der Waals surface area contributed by atoms with Gasteiger partial charge >= 0.3 is 0 Å². The Kier molecular flexibility index (Phi) is 2.95. The molecule has 1 heterocycles. The van der Waals surface area contributed by atoms with Crippen LogP contribution in [0, 0.1) is 11.3 Å². The normalized spacial score (nSPS) is 12.8. The molecule has 16 heavy (non-hydrogen) atoms. The lowest BCUT2D eigenvalue weighted by Gasteiger charge is -2.07. The Labute approximate surface area is 95.2 Å². The van der Waals surface area contributed by atoms with Crippen molar-refractivity contribution in [3.8, 4) is 0 Å². The fourth-order valence-electron chi connectivity index (χ4n) is 1.97. The Morgan fingerprint density at radius 3 is 3.00 bits per heavy atom. The minimum absolute atomic E-state index is 0.320. The number of rotatable bonds is 4. The van der Waals surface area contributed by atoms with E-state index < -0.39 is 0 Å². The number of fused-ring (bicyclic) bond motifs is 1. The maximum Gasteiger partial charge on any atom is 0.0458 e. The number of nitrogen functional groups attached to an aromatic ring is 1. The third-order valence-corrected chi connectivity index (χ3v) is 3.03. The highest BCUT2D eigenvalue weighted by Crippen LogP contribution is 2.23. The molecule has 1 atom stereocenters. The fraction of sp³-hybridized carbons (Fsp3) is 0.308. The number of anilines is 1. The van der Waals surface area contributed by atoms with Gasteiger partial charge in [-0.1, -0.05) is 6.92 Å². The molecule has 84 valence electrons. The van der Waals surface area contributed by atoms with Crippen LogP contribution in [-0.2, 0) is 6.42 Å². The van der Waals surface area contributed by atoms with E-state index >= 15 is 0 Å². The lowest BCUT2D eigenvalue weighted by molar-refractivity contribution is 0.675. The molecular formula is C13H17N3. The molecule has 3 heteroatoms. The van der Waals surface area contributed by atoms with Crippen molar-refractivity contribution in [3.05, 3.63) is 30.0 Å². The summed E-state index contributed by atoms with van der Waals surface area (Å²) in [6.07, 6.45) is 5.46. The van der Waals surface area contributed by atoms with Crippen molar-refractivity contribution in [2.75, 3.05) is 5.73 Å². The van der Waals surface area contributed by atoms with Crippen LogP contribution in [0.25, 0.3) is 10.9 Å². The second-order valence-corrected chi connectivity index (χ2v) is 4.16. The van der Waals surface area contributed by atoms with E-state index in [4.69, 9.17) is 11.1 Å². The number of benzene rings is 1. The fourth-order valence-corrected chi connectivity index (χ4v) is 1.97. The van der Waals surface area contributed by atoms with E-state index in [1.165, 1.54) is 17.2 Å². The number of hydrogen-bond acceptors (Lipinski definition) is 2. The van der Waals surface area contributed by atoms with Crippen molar-refractivity contribution < 1.29 is 0 Å². The van der Waals surface area contributed by atoms with Gasteiger partial charge in [-0.25, -0.2) is 0 Å². The molecule has 1 aromatic carbocycles. The third kappa shape index (κ3) is 1.94. The number of aromatic nitrogens is 1. The summed E-state index contributed by atoms with van der Waals surface area (Å²) in [4.78, 5) is 3.24. The lowest BCUT2D eigenvalue weighted by atomic mass is 9.98. The first kappa shape index (κ1) is 10.7. The van der Waals surface area contributed by atoms with Gasteiger partial charge in [-0.2, -0.15) is 0 Å². The summed E-state index contributed by atoms with van der Waals surface area (Å²) in [6.45, 7) is 2.11. The second kappa shape index (κ2) is 4.39. The molecule has 0 spiro atoms. The van der Waals surface area contributed by atoms with Gasteiger partial charge in [-0.3, -0.25) is 0 Å². The molecule has 0 fully saturated rings. The zero-order valence-electron chi connectivity index (χ0n) is 9.46. The number of hydrogen-bond donors (Lipinski definition) is 3. The molecule has 3 nitrogen and oxygen atoms in total. The Hall–Kier alpha value is -1.77. The van der Waals surface area contributed by atoms with E-state index in [0.717, 1.165) is 24.0 Å². The van der Waals surface area contributed by atoms with Gasteiger partial charge in [0, 0.05) is 22.8 Å². The number of aromatic amines is 1. The highest BCUT2D eigenvalue weighted by atomic mass is 14.7. The Bertz CT molecular complexity index is 499. The average Bonchev–Trinajstić information content (AvgIpc) is 2.68. The number of nitrogens with two attached hydrogens (primary N) is 1. The van der Waals surface area contributed by atoms with Gasteiger partial charge in [0.1, 0.15) is 0 Å². The van der Waals surface area contributed by atoms with Crippen LogP contribution < -0.4 is 5.73 Å². The monoisotopic (exact) mass is 215 g/mol. The molecule has 0 aliphatic heterocycles. The predicted molar refractivity (Wildman–Crippen MR) is 69.0 cm³/mol. The zero-order chi connectivity index (χ0) is 11.5. The SMILES string of the molecule is CC[C@@H](C=N)Cc1c[nH]c2ccc(N)cc12. The maximum atomic E-state index is 7.35. The summed E-state index contributed by atoms with van der Waals surface area (Å²) in [6, 6.07) is 5.90. The van der Waals surface area contributed by atoms with Crippen molar-refractivity contribution in [1.82, 2.24) is 4.98 Å². The smallest absolute Gasteiger partial charge is 0.0458 e. The van der Waals surface area contributed by atoms with Gasteiger partial charge in [-0.05, 0) is 48.7 Å². The first-order valence-electron chi connectivity index (χ1n) is 5.60. The van der Waals surface area contributed by atoms with Crippen LogP contribution >= 0.6 is 0 Å². The Morgan fingerprint density at radius 1 is 1.50 bits per heavy atom. The molecular weight excluding hydrogens is 198 g/mol. The first-order valence-corrected chi connectivity index (χ1v) is 5.60. The van der Waals surface area contributed by atoms with E-state index in [2.05, 4.69) is 11.9 Å². The average molecular weight is 215 g/mol. The summed E-state index contributed by atoms with van der Waals surface area (Å²) in [5.74, 6) is 0.320. The van der Waals surface area contributed by atoms with Crippen LogP contribution in [0.5, 0.6) is 0 Å². The molecule has 0 radical (unpaired) electrons. The van der Waals surface area contributed by atoms with E-state index in [-0.39, 0.29) is 0 Å². The summed E-state index contributed by atoms with van der Waals surface area (Å²) in [5.41, 5.74) is 8.94. The number of nitrogens with one attached hydrogen (secondary N) is 2. The molecule has 1 aromatic heterocycles. The predicted octanol–water partition coefficient (Wildman–Crippen LogP) is 2.97. The summed E-state index contributed by atoms with van der Waals surface area (Å²) in [5, 5.41) is 8.53. The van der Waals surface area contributed by atoms with Gasteiger partial charge in [0.05, 0.1) is 0 Å². The first-order chi connectivity index (χ1) is 7.74. The van der Waals surface area contributed by atoms with E-state index in [1.807, 2.05) is 24.4 Å². The van der Waals surface area contributed by atoms with Crippen LogP contribution in [0.15, 0.2) is 24.4 Å². The highest BCUT2D eigenvalue weighted by Gasteiger charge is 2.09. The minimum Gasteiger partial charge on any atom is -0.399 e. The van der Waals surface area contributed by atoms with Crippen molar-refractivity contribution in [2.24, 2.45) is 5.92 Å². The van der Waals surface area contributed by atoms with Crippen LogP contribution in [0.3, 0.4) is 0 Å². The van der Waals surface area contributed by atoms with Crippen LogP contribution in [0.1, 0.15) is 18.9 Å². The van der Waals surface area contributed by atoms with Crippen LogP contribution in [0.2, 0.25) is 0 Å². The minimum atomic E-state index is 0.320. The molecule has 0 aliphatic carbocycles. The van der Waals surface area contributed by atoms with Gasteiger partial charge in [-0.15, -0.1) is 0 Å². The second-order valence-electron chi connectivity index (χ2n) is 4.16. The molecule has 0 saturated heterocycles. The number of H-pyrrole nitrogens is 1. The summed E-state index contributed by atoms with van der Waals surface area (Å²) >= 11 is 0. The van der Waals surface area contributed by atoms with E-state index in [1.54, 1.807) is 0 Å². The zero-order valence-corrected chi connectivity index (χ0v) is 9.46. The van der Waals surface area contributed by atoms with Gasteiger partial charge in [0.15, 0.2) is 0 Å². The van der Waals surface area contributed by atoms with Crippen molar-refractivity contribution in [2.45, 2.75) is 19.8 Å².